The van der Waals surface area contributed by atoms with Crippen LogP contribution in [0.15, 0.2) is 42.5 Å². The molecule has 0 bridgehead atoms. The van der Waals surface area contributed by atoms with Gasteiger partial charge in [0.1, 0.15) is 5.75 Å². The molecule has 0 aromatic heterocycles. The third kappa shape index (κ3) is 3.85. The molecule has 2 aromatic rings. The first-order valence-corrected chi connectivity index (χ1v) is 9.14. The van der Waals surface area contributed by atoms with Crippen LogP contribution in [0.2, 0.25) is 0 Å². The lowest BCUT2D eigenvalue weighted by Crippen LogP contribution is -2.23. The van der Waals surface area contributed by atoms with Gasteiger partial charge >= 0.3 is 0 Å². The molecule has 0 saturated heterocycles. The average molecular weight is 336 g/mol. The molecule has 0 spiro atoms. The number of carbonyl (C=O) groups excluding carboxylic acids is 1. The predicted molar refractivity (Wildman–Crippen MR) is 97.5 cm³/mol. The first-order valence-electron chi connectivity index (χ1n) is 9.14. The molecule has 2 aromatic carbocycles. The summed E-state index contributed by atoms with van der Waals surface area (Å²) in [6.45, 7) is 2.40. The number of ether oxygens (including phenoxy) is 1. The number of amides is 1. The average Bonchev–Trinajstić information content (AvgIpc) is 3.31. The van der Waals surface area contributed by atoms with Gasteiger partial charge in [-0.15, -0.1) is 0 Å². The van der Waals surface area contributed by atoms with E-state index in [4.69, 9.17) is 4.74 Å². The third-order valence-electron chi connectivity index (χ3n) is 5.06. The summed E-state index contributed by atoms with van der Waals surface area (Å²) in [5, 5.41) is 6.35. The van der Waals surface area contributed by atoms with Crippen LogP contribution in [0.3, 0.4) is 0 Å². The van der Waals surface area contributed by atoms with E-state index in [1.165, 1.54) is 24.0 Å². The van der Waals surface area contributed by atoms with Gasteiger partial charge in [0.25, 0.3) is 5.91 Å². The van der Waals surface area contributed by atoms with Crippen molar-refractivity contribution in [3.63, 3.8) is 0 Å². The van der Waals surface area contributed by atoms with E-state index in [1.54, 1.807) is 0 Å². The molecule has 2 aliphatic rings. The quantitative estimate of drug-likeness (QED) is 0.878. The molecule has 0 radical (unpaired) electrons. The predicted octanol–water partition coefficient (Wildman–Crippen LogP) is 3.54. The smallest absolute Gasteiger partial charge is 0.251 e. The maximum absolute atomic E-state index is 12.5. The van der Waals surface area contributed by atoms with Crippen LogP contribution < -0.4 is 15.4 Å². The normalized spacial score (nSPS) is 16.6. The number of rotatable bonds is 5. The summed E-state index contributed by atoms with van der Waals surface area (Å²) in [6.07, 6.45) is 5.01. The Labute approximate surface area is 148 Å². The van der Waals surface area contributed by atoms with E-state index in [0.717, 1.165) is 37.2 Å². The van der Waals surface area contributed by atoms with Crippen molar-refractivity contribution in [2.45, 2.75) is 51.4 Å². The molecule has 0 atom stereocenters. The molecule has 4 heteroatoms. The van der Waals surface area contributed by atoms with Crippen LogP contribution in [0.5, 0.6) is 5.75 Å². The third-order valence-corrected chi connectivity index (χ3v) is 5.06. The molecule has 130 valence electrons. The van der Waals surface area contributed by atoms with Crippen LogP contribution in [0.25, 0.3) is 0 Å². The Bertz CT molecular complexity index is 766. The lowest BCUT2D eigenvalue weighted by Gasteiger charge is -2.14. The van der Waals surface area contributed by atoms with Crippen LogP contribution in [0, 0.1) is 0 Å². The first-order chi connectivity index (χ1) is 12.3. The van der Waals surface area contributed by atoms with Crippen molar-refractivity contribution in [2.24, 2.45) is 0 Å². The molecule has 1 amide bonds. The van der Waals surface area contributed by atoms with Gasteiger partial charge in [-0.2, -0.15) is 0 Å². The van der Waals surface area contributed by atoms with E-state index in [-0.39, 0.29) is 5.91 Å². The molecule has 4 rings (SSSR count). The molecule has 2 N–H and O–H groups in total. The minimum Gasteiger partial charge on any atom is -0.490 e. The van der Waals surface area contributed by atoms with Crippen LogP contribution in [-0.2, 0) is 19.6 Å². The number of carbonyl (C=O) groups is 1. The van der Waals surface area contributed by atoms with E-state index >= 15 is 0 Å². The zero-order valence-corrected chi connectivity index (χ0v) is 14.4. The minimum absolute atomic E-state index is 0.0597. The Kier molecular flexibility index (Phi) is 4.70. The van der Waals surface area contributed by atoms with Gasteiger partial charge in [0.05, 0.1) is 6.10 Å². The van der Waals surface area contributed by atoms with Gasteiger partial charge in [-0.25, -0.2) is 0 Å². The van der Waals surface area contributed by atoms with Crippen LogP contribution >= 0.6 is 0 Å². The minimum atomic E-state index is -0.0597. The summed E-state index contributed by atoms with van der Waals surface area (Å²) < 4.78 is 5.99. The monoisotopic (exact) mass is 336 g/mol. The van der Waals surface area contributed by atoms with E-state index in [0.29, 0.717) is 18.2 Å². The zero-order chi connectivity index (χ0) is 17.1. The lowest BCUT2D eigenvalue weighted by molar-refractivity contribution is 0.0950. The van der Waals surface area contributed by atoms with Crippen molar-refractivity contribution in [1.82, 2.24) is 10.6 Å². The van der Waals surface area contributed by atoms with Gasteiger partial charge in [0.15, 0.2) is 0 Å². The molecular weight excluding hydrogens is 312 g/mol. The molecule has 1 fully saturated rings. The fourth-order valence-corrected chi connectivity index (χ4v) is 3.65. The molecular formula is C21H24N2O2. The van der Waals surface area contributed by atoms with Crippen molar-refractivity contribution in [3.8, 4) is 5.75 Å². The fraction of sp³-hybridized carbons (Fsp3) is 0.381. The lowest BCUT2D eigenvalue weighted by atomic mass is 10.1. The zero-order valence-electron chi connectivity index (χ0n) is 14.4. The summed E-state index contributed by atoms with van der Waals surface area (Å²) in [4.78, 5) is 12.5. The first kappa shape index (κ1) is 16.2. The second kappa shape index (κ2) is 7.28. The van der Waals surface area contributed by atoms with Gasteiger partial charge in [-0.05, 0) is 60.6 Å². The van der Waals surface area contributed by atoms with Gasteiger partial charge in [0, 0.05) is 25.2 Å². The number of benzene rings is 2. The van der Waals surface area contributed by atoms with Crippen LogP contribution in [-0.4, -0.2) is 12.0 Å². The van der Waals surface area contributed by atoms with Crippen molar-refractivity contribution >= 4 is 5.91 Å². The van der Waals surface area contributed by atoms with Crippen molar-refractivity contribution in [3.05, 3.63) is 64.7 Å². The Morgan fingerprint density at radius 3 is 2.80 bits per heavy atom. The standard InChI is InChI=1S/C21H24N2O2/c24-21(23-12-15-8-9-17-13-22-14-18(17)10-15)16-4-3-7-20(11-16)25-19-5-1-2-6-19/h3-4,7-11,19,22H,1-2,5-6,12-14H2,(H,23,24). The highest BCUT2D eigenvalue weighted by Gasteiger charge is 2.17. The van der Waals surface area contributed by atoms with Gasteiger partial charge in [-0.3, -0.25) is 4.79 Å². The second-order valence-electron chi connectivity index (χ2n) is 6.94. The van der Waals surface area contributed by atoms with E-state index < -0.39 is 0 Å². The maximum Gasteiger partial charge on any atom is 0.251 e. The summed E-state index contributed by atoms with van der Waals surface area (Å²) in [7, 11) is 0. The second-order valence-corrected chi connectivity index (χ2v) is 6.94. The summed E-state index contributed by atoms with van der Waals surface area (Å²) in [5.74, 6) is 0.735. The highest BCUT2D eigenvalue weighted by atomic mass is 16.5. The highest BCUT2D eigenvalue weighted by Crippen LogP contribution is 2.24. The molecule has 1 aliphatic heterocycles. The number of nitrogens with one attached hydrogen (secondary N) is 2. The molecule has 1 saturated carbocycles. The van der Waals surface area contributed by atoms with Crippen LogP contribution in [0.4, 0.5) is 0 Å². The summed E-state index contributed by atoms with van der Waals surface area (Å²) in [6, 6.07) is 13.9. The Morgan fingerprint density at radius 2 is 1.92 bits per heavy atom. The number of hydrogen-bond donors (Lipinski definition) is 2. The van der Waals surface area contributed by atoms with Crippen LogP contribution in [0.1, 0.15) is 52.7 Å². The Hall–Kier alpha value is -2.33. The molecule has 0 unspecified atom stereocenters. The molecule has 25 heavy (non-hydrogen) atoms. The highest BCUT2D eigenvalue weighted by molar-refractivity contribution is 5.94. The van der Waals surface area contributed by atoms with E-state index in [1.807, 2.05) is 24.3 Å². The molecule has 1 heterocycles. The van der Waals surface area contributed by atoms with Crippen molar-refractivity contribution in [1.29, 1.82) is 0 Å². The largest absolute Gasteiger partial charge is 0.490 e. The number of fused-ring (bicyclic) bond motifs is 1. The van der Waals surface area contributed by atoms with E-state index in [2.05, 4.69) is 28.8 Å². The topological polar surface area (TPSA) is 50.4 Å². The number of hydrogen-bond acceptors (Lipinski definition) is 3. The van der Waals surface area contributed by atoms with Crippen molar-refractivity contribution < 1.29 is 9.53 Å². The summed E-state index contributed by atoms with van der Waals surface area (Å²) >= 11 is 0. The Morgan fingerprint density at radius 1 is 1.08 bits per heavy atom. The van der Waals surface area contributed by atoms with Gasteiger partial charge in [-0.1, -0.05) is 24.3 Å². The molecule has 1 aliphatic carbocycles. The maximum atomic E-state index is 12.5. The van der Waals surface area contributed by atoms with Gasteiger partial charge < -0.3 is 15.4 Å². The SMILES string of the molecule is O=C(NCc1ccc2c(c1)CNC2)c1cccc(OC2CCCC2)c1. The molecule has 4 nitrogen and oxygen atoms in total. The fourth-order valence-electron chi connectivity index (χ4n) is 3.65. The Balaban J connectivity index is 1.37. The van der Waals surface area contributed by atoms with E-state index in [9.17, 15) is 4.79 Å². The summed E-state index contributed by atoms with van der Waals surface area (Å²) in [5.41, 5.74) is 4.47. The van der Waals surface area contributed by atoms with Gasteiger partial charge in [0.2, 0.25) is 0 Å². The van der Waals surface area contributed by atoms with Crippen molar-refractivity contribution in [2.75, 3.05) is 0 Å².